The Morgan fingerprint density at radius 2 is 1.56 bits per heavy atom. The van der Waals surface area contributed by atoms with Crippen molar-refractivity contribution in [3.8, 4) is 5.69 Å². The summed E-state index contributed by atoms with van der Waals surface area (Å²) in [7, 11) is 0. The van der Waals surface area contributed by atoms with Crippen LogP contribution in [0.1, 0.15) is 81.6 Å². The number of benzene rings is 3. The molecule has 5 N–H and O–H groups in total. The van der Waals surface area contributed by atoms with E-state index in [9.17, 15) is 44.1 Å². The number of aromatic nitrogens is 5. The number of carboxylic acid groups (broad SMARTS) is 2. The van der Waals surface area contributed by atoms with Crippen LogP contribution in [0, 0.1) is 0 Å². The minimum Gasteiger partial charge on any atom is -0.477 e. The second-order valence-corrected chi connectivity index (χ2v) is 18.3. The van der Waals surface area contributed by atoms with Crippen LogP contribution in [-0.2, 0) is 31.6 Å². The summed E-state index contributed by atoms with van der Waals surface area (Å²) in [5.74, 6) is -4.03. The third kappa shape index (κ3) is 8.59. The fourth-order valence-electron chi connectivity index (χ4n) is 8.75. The number of amides is 5. The number of halogens is 1. The Labute approximate surface area is 372 Å². The summed E-state index contributed by atoms with van der Waals surface area (Å²) in [6.07, 6.45) is 1.23. The lowest BCUT2D eigenvalue weighted by atomic mass is 9.77. The minimum absolute atomic E-state index is 0.0467. The molecule has 0 aliphatic carbocycles. The number of hydrogen-bond donors (Lipinski definition) is 5. The van der Waals surface area contributed by atoms with E-state index in [0.717, 1.165) is 11.0 Å². The van der Waals surface area contributed by atoms with Gasteiger partial charge in [-0.25, -0.2) is 19.0 Å². The van der Waals surface area contributed by atoms with Gasteiger partial charge in [0.15, 0.2) is 0 Å². The molecule has 0 bridgehead atoms. The van der Waals surface area contributed by atoms with Gasteiger partial charge >= 0.3 is 29.9 Å². The van der Waals surface area contributed by atoms with E-state index in [1.807, 2.05) is 20.8 Å². The van der Waals surface area contributed by atoms with Crippen molar-refractivity contribution in [1.29, 1.82) is 0 Å². The van der Waals surface area contributed by atoms with Gasteiger partial charge in [-0.2, -0.15) is 4.68 Å². The predicted molar refractivity (Wildman–Crippen MR) is 236 cm³/mol. The van der Waals surface area contributed by atoms with Crippen molar-refractivity contribution in [1.82, 2.24) is 34.6 Å². The summed E-state index contributed by atoms with van der Waals surface area (Å²) in [5, 5.41) is 48.2. The molecule has 2 aromatic heterocycles. The highest BCUT2D eigenvalue weighted by atomic mass is 35.5. The number of nitrogens with one attached hydrogen (secondary N) is 2. The Kier molecular flexibility index (Phi) is 12.3. The van der Waals surface area contributed by atoms with Crippen LogP contribution in [0.2, 0.25) is 5.02 Å². The largest absolute Gasteiger partial charge is 0.477 e. The van der Waals surface area contributed by atoms with Gasteiger partial charge in [-0.15, -0.1) is 5.10 Å². The van der Waals surface area contributed by atoms with Crippen LogP contribution in [0.5, 0.6) is 0 Å². The summed E-state index contributed by atoms with van der Waals surface area (Å²) in [4.78, 5) is 86.0. The van der Waals surface area contributed by atoms with Crippen molar-refractivity contribution in [3.63, 3.8) is 0 Å². The molecule has 0 saturated carbocycles. The van der Waals surface area contributed by atoms with Crippen LogP contribution in [-0.4, -0.2) is 124 Å². The normalized spacial score (nSPS) is 16.4. The number of aliphatic hydroxyl groups is 1. The molecule has 20 heteroatoms. The van der Waals surface area contributed by atoms with Gasteiger partial charge in [-0.3, -0.25) is 14.4 Å². The molecule has 0 spiro atoms. The first-order chi connectivity index (χ1) is 30.2. The fourth-order valence-corrected chi connectivity index (χ4v) is 8.91. The number of nitrogens with zero attached hydrogens (tertiary/aromatic N) is 8. The summed E-state index contributed by atoms with van der Waals surface area (Å²) in [6, 6.07) is 12.4. The standard InChI is InChI=1S/C44H49ClN10O9/c1-43(2,3)34-28(14-16-30-33(34)35(44(4,5)6)36(40(60)61)55(30)42(63)64)48-37(57)32(20-24-9-12-26(13-10-24)47-41(62)51-17-7-8-27(51)22-56)53-19-18-52(38(58)39(53)59)31-21-25(45)11-15-29(31)54-23-46-49-50-54/h9-16,21,23,27,32,56H,7-8,17-20,22H2,1-6H3,(H,47,62)(H,48,57)(H,60,61)(H,63,64). The van der Waals surface area contributed by atoms with Crippen LogP contribution < -0.4 is 15.5 Å². The van der Waals surface area contributed by atoms with Gasteiger partial charge in [0, 0.05) is 47.8 Å². The molecule has 2 aliphatic heterocycles. The molecule has 2 saturated heterocycles. The Hall–Kier alpha value is -6.86. The monoisotopic (exact) mass is 896 g/mol. The number of likely N-dealkylation sites (tertiary alicyclic amines) is 1. The van der Waals surface area contributed by atoms with Crippen LogP contribution in [0.3, 0.4) is 0 Å². The van der Waals surface area contributed by atoms with Gasteiger partial charge in [-0.05, 0) is 93.3 Å². The van der Waals surface area contributed by atoms with E-state index >= 15 is 0 Å². The molecule has 3 aromatic carbocycles. The van der Waals surface area contributed by atoms with Gasteiger partial charge in [-0.1, -0.05) is 65.3 Å². The molecular weight excluding hydrogens is 848 g/mol. The molecule has 0 radical (unpaired) electrons. The third-order valence-electron chi connectivity index (χ3n) is 11.5. The SMILES string of the molecule is CC(C)(C)c1c(NC(=O)C(Cc2ccc(NC(=O)N3CCCC3CO)cc2)N2CCN(c3cc(Cl)ccc3-n3cnnn3)C(=O)C2=O)ccc2c1c(C(C)(C)C)c(C(=O)O)n2C(=O)O. The lowest BCUT2D eigenvalue weighted by molar-refractivity contribution is -0.149. The Bertz CT molecular complexity index is 2670. The van der Waals surface area contributed by atoms with E-state index in [1.54, 1.807) is 62.1 Å². The van der Waals surface area contributed by atoms with Crippen molar-refractivity contribution in [2.45, 2.75) is 83.7 Å². The minimum atomic E-state index is -1.49. The van der Waals surface area contributed by atoms with Crippen LogP contribution in [0.25, 0.3) is 16.6 Å². The molecule has 19 nitrogen and oxygen atoms in total. The van der Waals surface area contributed by atoms with Gasteiger partial charge in [0.05, 0.1) is 29.5 Å². The maximum atomic E-state index is 14.9. The number of anilines is 3. The number of aliphatic hydroxyl groups excluding tert-OH is 1. The topological polar surface area (TPSA) is 245 Å². The highest BCUT2D eigenvalue weighted by Crippen LogP contribution is 2.44. The second kappa shape index (κ2) is 17.4. The molecule has 2 unspecified atom stereocenters. The van der Waals surface area contributed by atoms with Gasteiger partial charge in [0.1, 0.15) is 18.1 Å². The maximum absolute atomic E-state index is 14.9. The summed E-state index contributed by atoms with van der Waals surface area (Å²) < 4.78 is 2.07. The zero-order valence-corrected chi connectivity index (χ0v) is 36.9. The quantitative estimate of drug-likeness (QED) is 0.109. The van der Waals surface area contributed by atoms with Crippen LogP contribution in [0.4, 0.5) is 26.7 Å². The smallest absolute Gasteiger partial charge is 0.416 e. The van der Waals surface area contributed by atoms with Crippen molar-refractivity contribution < 1.29 is 44.1 Å². The first-order valence-corrected chi connectivity index (χ1v) is 21.0. The number of carbonyl (C=O) groups excluding carboxylic acids is 4. The average molecular weight is 897 g/mol. The lowest BCUT2D eigenvalue weighted by Crippen LogP contribution is -2.60. The lowest BCUT2D eigenvalue weighted by Gasteiger charge is -2.38. The highest BCUT2D eigenvalue weighted by molar-refractivity contribution is 6.41. The van der Waals surface area contributed by atoms with Crippen molar-refractivity contribution in [2.24, 2.45) is 0 Å². The maximum Gasteiger partial charge on any atom is 0.416 e. The second-order valence-electron chi connectivity index (χ2n) is 17.9. The fraction of sp³-hybridized carbons (Fsp3) is 0.386. The predicted octanol–water partition coefficient (Wildman–Crippen LogP) is 5.50. The zero-order valence-electron chi connectivity index (χ0n) is 36.1. The number of aromatic carboxylic acids is 1. The molecule has 5 aromatic rings. The first-order valence-electron chi connectivity index (χ1n) is 20.6. The van der Waals surface area contributed by atoms with Gasteiger partial charge in [0.2, 0.25) is 5.91 Å². The number of carbonyl (C=O) groups is 6. The molecule has 4 heterocycles. The molecule has 336 valence electrons. The Balaban J connectivity index is 1.28. The van der Waals surface area contributed by atoms with E-state index in [4.69, 9.17) is 11.6 Å². The van der Waals surface area contributed by atoms with Crippen molar-refractivity contribution in [3.05, 3.63) is 88.3 Å². The Morgan fingerprint density at radius 3 is 2.17 bits per heavy atom. The molecule has 5 amide bonds. The highest BCUT2D eigenvalue weighted by Gasteiger charge is 2.42. The summed E-state index contributed by atoms with van der Waals surface area (Å²) in [6.45, 7) is 11.1. The summed E-state index contributed by atoms with van der Waals surface area (Å²) >= 11 is 6.37. The molecule has 2 atom stereocenters. The van der Waals surface area contributed by atoms with Crippen molar-refractivity contribution in [2.75, 3.05) is 41.8 Å². The number of tetrazole rings is 1. The third-order valence-corrected chi connectivity index (χ3v) is 11.8. The van der Waals surface area contributed by atoms with E-state index in [-0.39, 0.29) is 65.7 Å². The number of carboxylic acids is 1. The molecule has 7 rings (SSSR count). The van der Waals surface area contributed by atoms with Crippen LogP contribution >= 0.6 is 11.6 Å². The van der Waals surface area contributed by atoms with E-state index in [1.165, 1.54) is 39.0 Å². The molecule has 64 heavy (non-hydrogen) atoms. The number of piperazine rings is 1. The van der Waals surface area contributed by atoms with E-state index < -0.39 is 52.3 Å². The van der Waals surface area contributed by atoms with Gasteiger partial charge in [0.25, 0.3) is 0 Å². The van der Waals surface area contributed by atoms with E-state index in [0.29, 0.717) is 40.9 Å². The molecular formula is C44H49ClN10O9. The zero-order chi connectivity index (χ0) is 46.4. The number of urea groups is 1. The first kappa shape index (κ1) is 45.2. The van der Waals surface area contributed by atoms with Gasteiger partial charge < -0.3 is 40.7 Å². The Morgan fingerprint density at radius 1 is 0.859 bits per heavy atom. The number of fused-ring (bicyclic) bond motifs is 1. The molecule has 2 aliphatic rings. The number of rotatable bonds is 10. The van der Waals surface area contributed by atoms with Crippen molar-refractivity contribution >= 4 is 75.4 Å². The van der Waals surface area contributed by atoms with E-state index in [2.05, 4.69) is 26.2 Å². The number of hydrogen-bond acceptors (Lipinski definition) is 10. The average Bonchev–Trinajstić information content (AvgIpc) is 4.01. The molecule has 2 fully saturated rings. The van der Waals surface area contributed by atoms with Crippen LogP contribution in [0.15, 0.2) is 60.9 Å². The summed E-state index contributed by atoms with van der Waals surface area (Å²) in [5.41, 5.74) is 0.691.